The fourth-order valence-corrected chi connectivity index (χ4v) is 1.76. The molecule has 0 aliphatic heterocycles. The number of hydrogen-bond acceptors (Lipinski definition) is 2. The van der Waals surface area contributed by atoms with E-state index in [1.165, 1.54) is 35.2 Å². The second kappa shape index (κ2) is 5.10. The molecule has 0 aromatic heterocycles. The zero-order valence-electron chi connectivity index (χ0n) is 10.7. The molecule has 19 heavy (non-hydrogen) atoms. The average molecular weight is 259 g/mol. The highest BCUT2D eigenvalue weighted by Crippen LogP contribution is 2.19. The van der Waals surface area contributed by atoms with Crippen molar-refractivity contribution in [3.05, 3.63) is 59.4 Å². The van der Waals surface area contributed by atoms with Gasteiger partial charge in [0.15, 0.2) is 0 Å². The Balaban J connectivity index is 2.28. The number of hydrogen-bond donors (Lipinski definition) is 1. The number of nitrogens with zero attached hydrogens (tertiary/aromatic N) is 1. The number of carbonyl (C=O) groups excluding carboxylic acids is 1. The molecular formula is C15H14FNO2. The quantitative estimate of drug-likeness (QED) is 0.900. The Labute approximate surface area is 110 Å². The molecule has 0 bridgehead atoms. The fourth-order valence-electron chi connectivity index (χ4n) is 1.76. The van der Waals surface area contributed by atoms with Crippen molar-refractivity contribution in [3.63, 3.8) is 0 Å². The molecule has 0 unspecified atom stereocenters. The summed E-state index contributed by atoms with van der Waals surface area (Å²) < 4.78 is 13.2. The molecule has 0 fully saturated rings. The second-order valence-electron chi connectivity index (χ2n) is 4.34. The molecule has 2 rings (SSSR count). The Morgan fingerprint density at radius 2 is 1.79 bits per heavy atom. The van der Waals surface area contributed by atoms with Crippen LogP contribution in [0.1, 0.15) is 15.9 Å². The van der Waals surface area contributed by atoms with E-state index in [2.05, 4.69) is 0 Å². The number of carbonyl (C=O) groups is 1. The predicted molar refractivity (Wildman–Crippen MR) is 72.0 cm³/mol. The van der Waals surface area contributed by atoms with Gasteiger partial charge in [0.1, 0.15) is 11.6 Å². The standard InChI is InChI=1S/C15H14FNO2/c1-10-9-11(3-8-14(10)16)15(19)17(2)12-4-6-13(18)7-5-12/h3-9,18H,1-2H3. The van der Waals surface area contributed by atoms with Crippen LogP contribution in [0, 0.1) is 12.7 Å². The number of phenols is 1. The lowest BCUT2D eigenvalue weighted by molar-refractivity contribution is 0.0993. The first-order chi connectivity index (χ1) is 8.99. The molecule has 98 valence electrons. The van der Waals surface area contributed by atoms with Crippen LogP contribution >= 0.6 is 0 Å². The van der Waals surface area contributed by atoms with Gasteiger partial charge in [0.2, 0.25) is 0 Å². The third-order valence-corrected chi connectivity index (χ3v) is 2.95. The summed E-state index contributed by atoms with van der Waals surface area (Å²) in [7, 11) is 1.63. The van der Waals surface area contributed by atoms with E-state index in [4.69, 9.17) is 0 Å². The monoisotopic (exact) mass is 259 g/mol. The lowest BCUT2D eigenvalue weighted by Crippen LogP contribution is -2.26. The molecule has 2 aromatic rings. The Morgan fingerprint density at radius 1 is 1.16 bits per heavy atom. The van der Waals surface area contributed by atoms with Crippen LogP contribution in [-0.2, 0) is 0 Å². The maximum absolute atomic E-state index is 13.2. The number of benzene rings is 2. The van der Waals surface area contributed by atoms with Gasteiger partial charge in [-0.15, -0.1) is 0 Å². The molecule has 0 saturated carbocycles. The number of anilines is 1. The van der Waals surface area contributed by atoms with Crippen molar-refractivity contribution in [2.45, 2.75) is 6.92 Å². The highest BCUT2D eigenvalue weighted by Gasteiger charge is 2.14. The van der Waals surface area contributed by atoms with Crippen LogP contribution in [0.4, 0.5) is 10.1 Å². The lowest BCUT2D eigenvalue weighted by atomic mass is 10.1. The van der Waals surface area contributed by atoms with E-state index in [0.29, 0.717) is 16.8 Å². The Bertz CT molecular complexity index is 608. The summed E-state index contributed by atoms with van der Waals surface area (Å²) in [5.41, 5.74) is 1.52. The van der Waals surface area contributed by atoms with Crippen LogP contribution in [0.2, 0.25) is 0 Å². The number of halogens is 1. The first-order valence-corrected chi connectivity index (χ1v) is 5.82. The Hall–Kier alpha value is -2.36. The molecule has 0 aliphatic carbocycles. The maximum atomic E-state index is 13.2. The van der Waals surface area contributed by atoms with Crippen LogP contribution < -0.4 is 4.90 Å². The van der Waals surface area contributed by atoms with Crippen molar-refractivity contribution in [1.82, 2.24) is 0 Å². The molecule has 1 N–H and O–H groups in total. The smallest absolute Gasteiger partial charge is 0.258 e. The minimum absolute atomic E-state index is 0.141. The van der Waals surface area contributed by atoms with Crippen LogP contribution in [0.3, 0.4) is 0 Å². The van der Waals surface area contributed by atoms with Crippen LogP contribution in [0.15, 0.2) is 42.5 Å². The largest absolute Gasteiger partial charge is 0.508 e. The number of phenolic OH excluding ortho intramolecular Hbond substituents is 1. The van der Waals surface area contributed by atoms with Gasteiger partial charge in [-0.1, -0.05) is 0 Å². The van der Waals surface area contributed by atoms with Crippen LogP contribution in [0.5, 0.6) is 5.75 Å². The van der Waals surface area contributed by atoms with Gasteiger partial charge in [-0.3, -0.25) is 4.79 Å². The van der Waals surface area contributed by atoms with E-state index in [0.717, 1.165) is 0 Å². The van der Waals surface area contributed by atoms with Crippen molar-refractivity contribution in [1.29, 1.82) is 0 Å². The van der Waals surface area contributed by atoms with E-state index >= 15 is 0 Å². The van der Waals surface area contributed by atoms with E-state index in [1.54, 1.807) is 26.1 Å². The minimum atomic E-state index is -0.330. The highest BCUT2D eigenvalue weighted by atomic mass is 19.1. The summed E-state index contributed by atoms with van der Waals surface area (Å²) in [6, 6.07) is 10.6. The van der Waals surface area contributed by atoms with Gasteiger partial charge in [-0.25, -0.2) is 4.39 Å². The lowest BCUT2D eigenvalue weighted by Gasteiger charge is -2.17. The topological polar surface area (TPSA) is 40.5 Å². The van der Waals surface area contributed by atoms with E-state index < -0.39 is 0 Å². The SMILES string of the molecule is Cc1cc(C(=O)N(C)c2ccc(O)cc2)ccc1F. The van der Waals surface area contributed by atoms with Gasteiger partial charge < -0.3 is 10.0 Å². The van der Waals surface area contributed by atoms with Crippen molar-refractivity contribution >= 4 is 11.6 Å². The summed E-state index contributed by atoms with van der Waals surface area (Å²) in [4.78, 5) is 13.7. The molecule has 4 heteroatoms. The van der Waals surface area contributed by atoms with Crippen molar-refractivity contribution < 1.29 is 14.3 Å². The second-order valence-corrected chi connectivity index (χ2v) is 4.34. The summed E-state index contributed by atoms with van der Waals surface area (Å²) in [5, 5.41) is 9.22. The zero-order chi connectivity index (χ0) is 14.0. The Morgan fingerprint density at radius 3 is 2.37 bits per heavy atom. The van der Waals surface area contributed by atoms with Crippen LogP contribution in [-0.4, -0.2) is 18.1 Å². The molecule has 0 heterocycles. The van der Waals surface area contributed by atoms with E-state index in [-0.39, 0.29) is 17.5 Å². The highest BCUT2D eigenvalue weighted by molar-refractivity contribution is 6.05. The number of aryl methyl sites for hydroxylation is 1. The van der Waals surface area contributed by atoms with Gasteiger partial charge in [0, 0.05) is 18.3 Å². The Kier molecular flexibility index (Phi) is 3.51. The zero-order valence-corrected chi connectivity index (χ0v) is 10.7. The van der Waals surface area contributed by atoms with Crippen LogP contribution in [0.25, 0.3) is 0 Å². The average Bonchev–Trinajstić information content (AvgIpc) is 2.41. The van der Waals surface area contributed by atoms with Crippen molar-refractivity contribution in [3.8, 4) is 5.75 Å². The third-order valence-electron chi connectivity index (χ3n) is 2.95. The summed E-state index contributed by atoms with van der Waals surface area (Å²) in [6.45, 7) is 1.62. The number of amides is 1. The molecule has 0 atom stereocenters. The van der Waals surface area contributed by atoms with Gasteiger partial charge in [-0.2, -0.15) is 0 Å². The maximum Gasteiger partial charge on any atom is 0.258 e. The third kappa shape index (κ3) is 2.73. The van der Waals surface area contributed by atoms with Crippen molar-refractivity contribution in [2.75, 3.05) is 11.9 Å². The fraction of sp³-hybridized carbons (Fsp3) is 0.133. The number of aromatic hydroxyl groups is 1. The molecule has 0 saturated heterocycles. The van der Waals surface area contributed by atoms with Gasteiger partial charge in [0.05, 0.1) is 0 Å². The molecule has 3 nitrogen and oxygen atoms in total. The molecule has 1 amide bonds. The first kappa shape index (κ1) is 13.1. The van der Waals surface area contributed by atoms with Gasteiger partial charge >= 0.3 is 0 Å². The van der Waals surface area contributed by atoms with Gasteiger partial charge in [0.25, 0.3) is 5.91 Å². The van der Waals surface area contributed by atoms with E-state index in [9.17, 15) is 14.3 Å². The molecule has 0 radical (unpaired) electrons. The number of rotatable bonds is 2. The summed E-state index contributed by atoms with van der Waals surface area (Å²) in [5.74, 6) is -0.417. The summed E-state index contributed by atoms with van der Waals surface area (Å²) >= 11 is 0. The molecule has 0 aliphatic rings. The first-order valence-electron chi connectivity index (χ1n) is 5.82. The van der Waals surface area contributed by atoms with Gasteiger partial charge in [-0.05, 0) is 55.0 Å². The molecular weight excluding hydrogens is 245 g/mol. The minimum Gasteiger partial charge on any atom is -0.508 e. The van der Waals surface area contributed by atoms with E-state index in [1.807, 2.05) is 0 Å². The molecule has 2 aromatic carbocycles. The van der Waals surface area contributed by atoms with Crippen molar-refractivity contribution in [2.24, 2.45) is 0 Å². The molecule has 0 spiro atoms. The predicted octanol–water partition coefficient (Wildman–Crippen LogP) is 3.12. The normalized spacial score (nSPS) is 10.3. The summed E-state index contributed by atoms with van der Waals surface area (Å²) in [6.07, 6.45) is 0.